The first-order valence-corrected chi connectivity index (χ1v) is 8.27. The van der Waals surface area contributed by atoms with Crippen molar-refractivity contribution in [3.05, 3.63) is 53.7 Å². The van der Waals surface area contributed by atoms with E-state index in [1.165, 1.54) is 0 Å². The second-order valence-corrected chi connectivity index (χ2v) is 7.07. The first kappa shape index (κ1) is 14.9. The summed E-state index contributed by atoms with van der Waals surface area (Å²) >= 11 is 0. The van der Waals surface area contributed by atoms with E-state index in [0.29, 0.717) is 5.92 Å². The lowest BCUT2D eigenvalue weighted by Gasteiger charge is -2.21. The number of imidazole rings is 2. The predicted octanol–water partition coefficient (Wildman–Crippen LogP) is 4.28. The Bertz CT molecular complexity index is 990. The van der Waals surface area contributed by atoms with Crippen LogP contribution in [0.25, 0.3) is 22.2 Å². The highest BCUT2D eigenvalue weighted by Gasteiger charge is 2.29. The zero-order chi connectivity index (χ0) is 16.9. The first-order chi connectivity index (χ1) is 11.4. The Morgan fingerprint density at radius 3 is 2.42 bits per heavy atom. The minimum atomic E-state index is -0.329. The van der Waals surface area contributed by atoms with Crippen LogP contribution in [0, 0.1) is 0 Å². The minimum absolute atomic E-state index is 0.329. The fraction of sp³-hybridized carbons (Fsp3) is 0.316. The molecule has 0 aliphatic heterocycles. The van der Waals surface area contributed by atoms with Crippen LogP contribution >= 0.6 is 0 Å². The van der Waals surface area contributed by atoms with E-state index >= 15 is 0 Å². The molecule has 24 heavy (non-hydrogen) atoms. The average molecular weight is 319 g/mol. The summed E-state index contributed by atoms with van der Waals surface area (Å²) in [7, 11) is 0. The fourth-order valence-electron chi connectivity index (χ4n) is 2.90. The standard InChI is InChI=1S/C19H21N5/c1-11(2)16-20-14-9-10-15(23-17(14)24-16)19(3,4)18-21-12-7-5-6-8-13(12)22-18/h5-11H,1-4H3,(H,21,22)(H,20,23,24). The molecule has 0 aliphatic rings. The van der Waals surface area contributed by atoms with Crippen LogP contribution < -0.4 is 0 Å². The zero-order valence-electron chi connectivity index (χ0n) is 14.4. The maximum atomic E-state index is 4.79. The van der Waals surface area contributed by atoms with Crippen molar-refractivity contribution in [3.63, 3.8) is 0 Å². The van der Waals surface area contributed by atoms with Crippen molar-refractivity contribution in [3.8, 4) is 0 Å². The third-order valence-electron chi connectivity index (χ3n) is 4.53. The summed E-state index contributed by atoms with van der Waals surface area (Å²) in [5.41, 5.74) is 4.38. The van der Waals surface area contributed by atoms with Crippen LogP contribution in [0.1, 0.15) is 51.0 Å². The fourth-order valence-corrected chi connectivity index (χ4v) is 2.90. The van der Waals surface area contributed by atoms with Crippen molar-refractivity contribution in [2.75, 3.05) is 0 Å². The number of rotatable bonds is 3. The number of para-hydroxylation sites is 2. The molecule has 0 atom stereocenters. The molecule has 3 aromatic heterocycles. The molecule has 0 spiro atoms. The van der Waals surface area contributed by atoms with E-state index in [9.17, 15) is 0 Å². The van der Waals surface area contributed by atoms with Gasteiger partial charge in [0, 0.05) is 5.92 Å². The Balaban J connectivity index is 1.81. The molecule has 1 aromatic carbocycles. The Hall–Kier alpha value is -2.69. The number of aromatic amines is 2. The SMILES string of the molecule is CC(C)c1nc2nc(C(C)(C)c3nc4ccccc4[nH]3)ccc2[nH]1. The van der Waals surface area contributed by atoms with E-state index in [4.69, 9.17) is 9.97 Å². The van der Waals surface area contributed by atoms with E-state index in [2.05, 4.69) is 54.8 Å². The van der Waals surface area contributed by atoms with Crippen molar-refractivity contribution in [1.82, 2.24) is 24.9 Å². The lowest BCUT2D eigenvalue weighted by Crippen LogP contribution is -2.22. The molecular weight excluding hydrogens is 298 g/mol. The van der Waals surface area contributed by atoms with Crippen LogP contribution in [0.5, 0.6) is 0 Å². The summed E-state index contributed by atoms with van der Waals surface area (Å²) in [6.07, 6.45) is 0. The van der Waals surface area contributed by atoms with Gasteiger partial charge in [-0.2, -0.15) is 0 Å². The summed E-state index contributed by atoms with van der Waals surface area (Å²) in [6.45, 7) is 8.51. The number of hydrogen-bond donors (Lipinski definition) is 2. The van der Waals surface area contributed by atoms with Crippen LogP contribution in [0.15, 0.2) is 36.4 Å². The summed E-state index contributed by atoms with van der Waals surface area (Å²) < 4.78 is 0. The summed E-state index contributed by atoms with van der Waals surface area (Å²) in [6, 6.07) is 12.2. The van der Waals surface area contributed by atoms with Gasteiger partial charge in [0.15, 0.2) is 5.65 Å². The maximum Gasteiger partial charge on any atom is 0.177 e. The van der Waals surface area contributed by atoms with E-state index in [-0.39, 0.29) is 5.41 Å². The van der Waals surface area contributed by atoms with Crippen LogP contribution in [-0.4, -0.2) is 24.9 Å². The number of fused-ring (bicyclic) bond motifs is 2. The van der Waals surface area contributed by atoms with Crippen molar-refractivity contribution >= 4 is 22.2 Å². The summed E-state index contributed by atoms with van der Waals surface area (Å²) in [5.74, 6) is 2.23. The molecule has 4 aromatic rings. The van der Waals surface area contributed by atoms with Crippen molar-refractivity contribution < 1.29 is 0 Å². The lowest BCUT2D eigenvalue weighted by molar-refractivity contribution is 0.583. The van der Waals surface area contributed by atoms with Gasteiger partial charge in [-0.3, -0.25) is 0 Å². The maximum absolute atomic E-state index is 4.79. The van der Waals surface area contributed by atoms with Crippen molar-refractivity contribution in [2.45, 2.75) is 39.0 Å². The molecule has 3 heterocycles. The van der Waals surface area contributed by atoms with E-state index in [0.717, 1.165) is 39.5 Å². The third kappa shape index (κ3) is 2.28. The van der Waals surface area contributed by atoms with Crippen molar-refractivity contribution in [1.29, 1.82) is 0 Å². The molecule has 2 N–H and O–H groups in total. The van der Waals surface area contributed by atoms with Gasteiger partial charge < -0.3 is 9.97 Å². The number of pyridine rings is 1. The monoisotopic (exact) mass is 319 g/mol. The number of benzene rings is 1. The van der Waals surface area contributed by atoms with Gasteiger partial charge in [-0.1, -0.05) is 26.0 Å². The van der Waals surface area contributed by atoms with Gasteiger partial charge in [0.05, 0.1) is 27.7 Å². The summed E-state index contributed by atoms with van der Waals surface area (Å²) in [5, 5.41) is 0. The molecule has 0 saturated heterocycles. The molecular formula is C19H21N5. The van der Waals surface area contributed by atoms with Crippen LogP contribution in [-0.2, 0) is 5.41 Å². The van der Waals surface area contributed by atoms with Gasteiger partial charge in [0.1, 0.15) is 11.6 Å². The average Bonchev–Trinajstić information content (AvgIpc) is 3.18. The molecule has 0 unspecified atom stereocenters. The second-order valence-electron chi connectivity index (χ2n) is 7.07. The quantitative estimate of drug-likeness (QED) is 0.592. The van der Waals surface area contributed by atoms with E-state index < -0.39 is 0 Å². The topological polar surface area (TPSA) is 70.2 Å². The van der Waals surface area contributed by atoms with Crippen LogP contribution in [0.4, 0.5) is 0 Å². The normalized spacial score (nSPS) is 12.5. The highest BCUT2D eigenvalue weighted by molar-refractivity contribution is 5.75. The molecule has 4 rings (SSSR count). The molecule has 5 nitrogen and oxygen atoms in total. The first-order valence-electron chi connectivity index (χ1n) is 8.27. The van der Waals surface area contributed by atoms with Crippen LogP contribution in [0.3, 0.4) is 0 Å². The minimum Gasteiger partial charge on any atom is -0.341 e. The third-order valence-corrected chi connectivity index (χ3v) is 4.53. The predicted molar refractivity (Wildman–Crippen MR) is 96.2 cm³/mol. The molecule has 0 amide bonds. The van der Waals surface area contributed by atoms with Gasteiger partial charge in [-0.15, -0.1) is 0 Å². The van der Waals surface area contributed by atoms with Gasteiger partial charge in [-0.05, 0) is 38.1 Å². The Labute approximate surface area is 140 Å². The molecule has 0 bridgehead atoms. The lowest BCUT2D eigenvalue weighted by atomic mass is 9.88. The highest BCUT2D eigenvalue weighted by Crippen LogP contribution is 2.30. The summed E-state index contributed by atoms with van der Waals surface area (Å²) in [4.78, 5) is 20.9. The molecule has 0 radical (unpaired) electrons. The van der Waals surface area contributed by atoms with E-state index in [1.54, 1.807) is 0 Å². The smallest absolute Gasteiger partial charge is 0.177 e. The van der Waals surface area contributed by atoms with Crippen molar-refractivity contribution in [2.24, 2.45) is 0 Å². The highest BCUT2D eigenvalue weighted by atomic mass is 15.0. The van der Waals surface area contributed by atoms with Gasteiger partial charge in [0.25, 0.3) is 0 Å². The molecule has 0 saturated carbocycles. The largest absolute Gasteiger partial charge is 0.341 e. The van der Waals surface area contributed by atoms with Gasteiger partial charge >= 0.3 is 0 Å². The molecule has 5 heteroatoms. The number of hydrogen-bond acceptors (Lipinski definition) is 3. The Kier molecular flexibility index (Phi) is 3.20. The second kappa shape index (κ2) is 5.16. The van der Waals surface area contributed by atoms with E-state index in [1.807, 2.05) is 24.3 Å². The molecule has 0 fully saturated rings. The number of aromatic nitrogens is 5. The Morgan fingerprint density at radius 2 is 1.67 bits per heavy atom. The molecule has 0 aliphatic carbocycles. The van der Waals surface area contributed by atoms with Gasteiger partial charge in [-0.25, -0.2) is 15.0 Å². The zero-order valence-corrected chi connectivity index (χ0v) is 14.4. The van der Waals surface area contributed by atoms with Gasteiger partial charge in [0.2, 0.25) is 0 Å². The number of nitrogens with zero attached hydrogens (tertiary/aromatic N) is 3. The number of H-pyrrole nitrogens is 2. The molecule has 122 valence electrons. The Morgan fingerprint density at radius 1 is 0.875 bits per heavy atom. The van der Waals surface area contributed by atoms with Crippen LogP contribution in [0.2, 0.25) is 0 Å². The number of nitrogens with one attached hydrogen (secondary N) is 2.